The van der Waals surface area contributed by atoms with Crippen LogP contribution in [0, 0.1) is 34.0 Å². The molecule has 270 valence electrons. The maximum Gasteiger partial charge on any atom is 0.316 e. The van der Waals surface area contributed by atoms with Gasteiger partial charge in [0.25, 0.3) is 0 Å². The van der Waals surface area contributed by atoms with Crippen molar-refractivity contribution in [3.63, 3.8) is 0 Å². The smallest absolute Gasteiger partial charge is 0.316 e. The van der Waals surface area contributed by atoms with Crippen LogP contribution in [0.3, 0.4) is 0 Å². The average molecular weight is 687 g/mol. The summed E-state index contributed by atoms with van der Waals surface area (Å²) in [5.74, 6) is -0.193. The average Bonchev–Trinajstić information content (AvgIpc) is 3.38. The lowest BCUT2D eigenvalue weighted by atomic mass is 9.43. The topological polar surface area (TPSA) is 142 Å². The molecule has 3 fully saturated rings. The van der Waals surface area contributed by atoms with E-state index in [1.807, 2.05) is 39.0 Å². The molecule has 0 aliphatic heterocycles. The second-order valence-electron chi connectivity index (χ2n) is 16.6. The molecule has 0 unspecified atom stereocenters. The first-order valence-corrected chi connectivity index (χ1v) is 19.3. The van der Waals surface area contributed by atoms with Crippen LogP contribution < -0.4 is 11.5 Å². The SMILES string of the molecule is C[C@@H]1CC[C@@]23CCC(=O)[C@H]2[C@]1(C)[C@H](OC(=O)CSc1cc(CN)ccc1CN)C[C@](C)(CCCCCCC(=O)OC(C)(C)C)[C@@H](O)[C@@H]3C. The first-order valence-electron chi connectivity index (χ1n) is 18.3. The maximum absolute atomic E-state index is 13.8. The van der Waals surface area contributed by atoms with E-state index in [1.54, 1.807) is 0 Å². The molecule has 0 amide bonds. The zero-order valence-corrected chi connectivity index (χ0v) is 31.4. The zero-order chi connectivity index (χ0) is 35.5. The Morgan fingerprint density at radius 2 is 1.73 bits per heavy atom. The number of carbonyl (C=O) groups excluding carboxylic acids is 3. The Morgan fingerprint density at radius 3 is 2.40 bits per heavy atom. The number of thioether (sulfide) groups is 1. The van der Waals surface area contributed by atoms with Crippen LogP contribution in [0.1, 0.15) is 130 Å². The van der Waals surface area contributed by atoms with Gasteiger partial charge in [-0.05, 0) is 99.2 Å². The maximum atomic E-state index is 13.8. The number of aliphatic hydroxyl groups is 1. The fourth-order valence-electron chi connectivity index (χ4n) is 9.51. The van der Waals surface area contributed by atoms with Crippen molar-refractivity contribution in [3.05, 3.63) is 29.3 Å². The molecule has 3 aliphatic rings. The van der Waals surface area contributed by atoms with E-state index in [9.17, 15) is 19.5 Å². The van der Waals surface area contributed by atoms with Gasteiger partial charge in [0.2, 0.25) is 0 Å². The van der Waals surface area contributed by atoms with E-state index in [2.05, 4.69) is 27.7 Å². The molecule has 0 radical (unpaired) electrons. The quantitative estimate of drug-likeness (QED) is 0.113. The van der Waals surface area contributed by atoms with Gasteiger partial charge in [-0.25, -0.2) is 0 Å². The van der Waals surface area contributed by atoms with Crippen LogP contribution >= 0.6 is 11.8 Å². The molecular formula is C39H62N2O6S. The van der Waals surface area contributed by atoms with Crippen molar-refractivity contribution in [1.82, 2.24) is 0 Å². The summed E-state index contributed by atoms with van der Waals surface area (Å²) in [4.78, 5) is 40.7. The Labute approximate surface area is 293 Å². The van der Waals surface area contributed by atoms with E-state index in [4.69, 9.17) is 20.9 Å². The Balaban J connectivity index is 1.55. The molecule has 48 heavy (non-hydrogen) atoms. The van der Waals surface area contributed by atoms with Crippen LogP contribution in [0.2, 0.25) is 0 Å². The minimum atomic E-state index is -0.632. The summed E-state index contributed by atoms with van der Waals surface area (Å²) in [5, 5.41) is 12.2. The Bertz CT molecular complexity index is 1310. The lowest BCUT2D eigenvalue weighted by Crippen LogP contribution is -2.63. The molecule has 9 heteroatoms. The fraction of sp³-hybridized carbons (Fsp3) is 0.769. The summed E-state index contributed by atoms with van der Waals surface area (Å²) in [6, 6.07) is 5.92. The van der Waals surface area contributed by atoms with Gasteiger partial charge in [0.1, 0.15) is 17.5 Å². The Morgan fingerprint density at radius 1 is 1.02 bits per heavy atom. The summed E-state index contributed by atoms with van der Waals surface area (Å²) in [5.41, 5.74) is 12.0. The number of carbonyl (C=O) groups is 3. The number of esters is 2. The molecule has 0 heterocycles. The van der Waals surface area contributed by atoms with Crippen molar-refractivity contribution in [2.24, 2.45) is 45.5 Å². The number of hydrogen-bond donors (Lipinski definition) is 3. The molecule has 5 N–H and O–H groups in total. The van der Waals surface area contributed by atoms with Crippen molar-refractivity contribution in [2.45, 2.75) is 155 Å². The van der Waals surface area contributed by atoms with Gasteiger partial charge in [-0.3, -0.25) is 14.4 Å². The van der Waals surface area contributed by atoms with E-state index >= 15 is 0 Å². The van der Waals surface area contributed by atoms with E-state index in [0.717, 1.165) is 67.4 Å². The van der Waals surface area contributed by atoms with Gasteiger partial charge >= 0.3 is 11.9 Å². The molecule has 8 atom stereocenters. The predicted octanol–water partition coefficient (Wildman–Crippen LogP) is 7.10. The number of benzene rings is 1. The number of nitrogens with two attached hydrogens (primary N) is 2. The van der Waals surface area contributed by atoms with Gasteiger partial charge in [-0.15, -0.1) is 11.8 Å². The van der Waals surface area contributed by atoms with Crippen molar-refractivity contribution in [2.75, 3.05) is 5.75 Å². The second-order valence-corrected chi connectivity index (χ2v) is 17.7. The van der Waals surface area contributed by atoms with Crippen molar-refractivity contribution in [3.8, 4) is 0 Å². The third-order valence-electron chi connectivity index (χ3n) is 12.4. The summed E-state index contributed by atoms with van der Waals surface area (Å²) in [7, 11) is 0. The van der Waals surface area contributed by atoms with Gasteiger partial charge in [0.05, 0.1) is 11.9 Å². The summed E-state index contributed by atoms with van der Waals surface area (Å²) in [6.45, 7) is 15.2. The van der Waals surface area contributed by atoms with E-state index < -0.39 is 28.6 Å². The minimum absolute atomic E-state index is 0.0466. The van der Waals surface area contributed by atoms with Crippen molar-refractivity contribution < 1.29 is 29.0 Å². The van der Waals surface area contributed by atoms with Gasteiger partial charge in [-0.2, -0.15) is 0 Å². The van der Waals surface area contributed by atoms with Crippen molar-refractivity contribution in [1.29, 1.82) is 0 Å². The van der Waals surface area contributed by atoms with E-state index in [0.29, 0.717) is 32.4 Å². The number of aliphatic hydroxyl groups excluding tert-OH is 1. The highest BCUT2D eigenvalue weighted by Gasteiger charge is 2.68. The number of unbranched alkanes of at least 4 members (excludes halogenated alkanes) is 3. The molecule has 1 aromatic rings. The highest BCUT2D eigenvalue weighted by Crippen LogP contribution is 2.68. The molecule has 2 bridgehead atoms. The van der Waals surface area contributed by atoms with Crippen LogP contribution in [0.4, 0.5) is 0 Å². The number of Topliss-reactive ketones (excluding diaryl/α,β-unsaturated/α-hetero) is 1. The summed E-state index contributed by atoms with van der Waals surface area (Å²) in [6.07, 6.45) is 7.22. The van der Waals surface area contributed by atoms with E-state index in [1.165, 1.54) is 11.8 Å². The number of ketones is 1. The standard InChI is InChI=1S/C39H62N2O6S/c1-25-15-18-39-19-16-29(42)34(39)38(25,7)31(46-33(44)24-48-30-20-27(22-40)13-14-28(30)23-41)21-37(6,35(45)26(39)2)17-11-9-8-10-12-32(43)47-36(3,4)5/h13-14,20,25-26,31,34-35,45H,8-12,15-19,21-24,40-41H2,1-7H3/t25-,26+,31-,34+,35+,37+,38+,39+/m1/s1. The first kappa shape index (κ1) is 38.9. The molecular weight excluding hydrogens is 625 g/mol. The third kappa shape index (κ3) is 8.16. The minimum Gasteiger partial charge on any atom is -0.461 e. The Kier molecular flexibility index (Phi) is 12.6. The lowest BCUT2D eigenvalue weighted by Gasteiger charge is -2.62. The fourth-order valence-corrected chi connectivity index (χ4v) is 10.4. The highest BCUT2D eigenvalue weighted by molar-refractivity contribution is 8.00. The summed E-state index contributed by atoms with van der Waals surface area (Å²) < 4.78 is 12.0. The predicted molar refractivity (Wildman–Crippen MR) is 191 cm³/mol. The Hall–Kier alpha value is -1.94. The van der Waals surface area contributed by atoms with Gasteiger partial charge in [-0.1, -0.05) is 59.1 Å². The van der Waals surface area contributed by atoms with Crippen LogP contribution in [-0.2, 0) is 36.9 Å². The summed E-state index contributed by atoms with van der Waals surface area (Å²) >= 11 is 1.42. The van der Waals surface area contributed by atoms with Crippen LogP contribution in [0.5, 0.6) is 0 Å². The van der Waals surface area contributed by atoms with Gasteiger partial charge in [0.15, 0.2) is 0 Å². The van der Waals surface area contributed by atoms with Gasteiger partial charge < -0.3 is 26.0 Å². The normalized spacial score (nSPS) is 33.5. The molecule has 8 nitrogen and oxygen atoms in total. The largest absolute Gasteiger partial charge is 0.461 e. The van der Waals surface area contributed by atoms with E-state index in [-0.39, 0.29) is 46.6 Å². The molecule has 3 aliphatic carbocycles. The first-order chi connectivity index (χ1) is 22.5. The molecule has 0 saturated heterocycles. The molecule has 1 aromatic carbocycles. The number of ether oxygens (including phenoxy) is 2. The third-order valence-corrected chi connectivity index (χ3v) is 13.5. The zero-order valence-electron chi connectivity index (χ0n) is 30.6. The van der Waals surface area contributed by atoms with Gasteiger partial charge in [0, 0.05) is 42.2 Å². The van der Waals surface area contributed by atoms with Crippen LogP contribution in [0.15, 0.2) is 23.1 Å². The molecule has 3 saturated carbocycles. The lowest BCUT2D eigenvalue weighted by molar-refractivity contribution is -0.211. The van der Waals surface area contributed by atoms with Crippen molar-refractivity contribution >= 4 is 29.5 Å². The molecule has 0 aromatic heterocycles. The molecule has 4 rings (SSSR count). The molecule has 0 spiro atoms. The van der Waals surface area contributed by atoms with Crippen LogP contribution in [0.25, 0.3) is 0 Å². The second kappa shape index (κ2) is 15.5. The van der Waals surface area contributed by atoms with Crippen LogP contribution in [-0.4, -0.2) is 46.4 Å². The highest BCUT2D eigenvalue weighted by atomic mass is 32.2. The monoisotopic (exact) mass is 686 g/mol. The number of hydrogen-bond acceptors (Lipinski definition) is 9. The number of rotatable bonds is 13.